The zero-order chi connectivity index (χ0) is 10.8. The Kier molecular flexibility index (Phi) is 2.37. The molecule has 1 heterocycles. The predicted octanol–water partition coefficient (Wildman–Crippen LogP) is 2.39. The van der Waals surface area contributed by atoms with E-state index in [0.717, 1.165) is 0 Å². The number of carbonyl (C=O) groups excluding carboxylic acids is 1. The van der Waals surface area contributed by atoms with Gasteiger partial charge in [0.05, 0.1) is 5.39 Å². The summed E-state index contributed by atoms with van der Waals surface area (Å²) >= 11 is 0. The molecule has 15 heavy (non-hydrogen) atoms. The molecule has 0 aliphatic heterocycles. The highest BCUT2D eigenvalue weighted by Crippen LogP contribution is 2.12. The maximum absolute atomic E-state index is 11.6. The van der Waals surface area contributed by atoms with Gasteiger partial charge in [-0.3, -0.25) is 9.59 Å². The quantitative estimate of drug-likeness (QED) is 0.702. The summed E-state index contributed by atoms with van der Waals surface area (Å²) < 4.78 is 5.35. The number of fused-ring (bicyclic) bond motifs is 1. The Hall–Kier alpha value is -1.90. The second-order valence-electron chi connectivity index (χ2n) is 3.25. The van der Waals surface area contributed by atoms with Gasteiger partial charge in [-0.05, 0) is 12.1 Å². The van der Waals surface area contributed by atoms with Crippen molar-refractivity contribution in [3.05, 3.63) is 46.3 Å². The van der Waals surface area contributed by atoms with E-state index in [2.05, 4.69) is 0 Å². The lowest BCUT2D eigenvalue weighted by molar-refractivity contribution is 0.0962. The first-order valence-electron chi connectivity index (χ1n) is 4.78. The van der Waals surface area contributed by atoms with Gasteiger partial charge in [-0.1, -0.05) is 19.1 Å². The standard InChI is InChI=1S/C12H10O3/c1-2-9(13)12-7-10(14)8-5-3-4-6-11(8)15-12/h3-7H,2H2,1H3. The Labute approximate surface area is 86.3 Å². The molecule has 1 aromatic carbocycles. The van der Waals surface area contributed by atoms with Gasteiger partial charge in [0.15, 0.2) is 17.0 Å². The normalized spacial score (nSPS) is 10.5. The SMILES string of the molecule is CCC(=O)c1cc(=O)c2ccccc2o1. The van der Waals surface area contributed by atoms with E-state index in [1.54, 1.807) is 31.2 Å². The lowest BCUT2D eigenvalue weighted by Gasteiger charge is -1.99. The highest BCUT2D eigenvalue weighted by atomic mass is 16.3. The first-order chi connectivity index (χ1) is 7.22. The zero-order valence-corrected chi connectivity index (χ0v) is 8.32. The van der Waals surface area contributed by atoms with Crippen LogP contribution in [0, 0.1) is 0 Å². The van der Waals surface area contributed by atoms with Gasteiger partial charge in [-0.25, -0.2) is 0 Å². The van der Waals surface area contributed by atoms with Crippen molar-refractivity contribution < 1.29 is 9.21 Å². The van der Waals surface area contributed by atoms with E-state index >= 15 is 0 Å². The number of para-hydroxylation sites is 1. The van der Waals surface area contributed by atoms with Gasteiger partial charge in [-0.15, -0.1) is 0 Å². The zero-order valence-electron chi connectivity index (χ0n) is 8.32. The van der Waals surface area contributed by atoms with Gasteiger partial charge in [0.2, 0.25) is 0 Å². The van der Waals surface area contributed by atoms with E-state index in [4.69, 9.17) is 4.42 Å². The van der Waals surface area contributed by atoms with Gasteiger partial charge in [0.1, 0.15) is 5.58 Å². The molecule has 0 radical (unpaired) electrons. The van der Waals surface area contributed by atoms with E-state index in [1.807, 2.05) is 0 Å². The van der Waals surface area contributed by atoms with Gasteiger partial charge < -0.3 is 4.42 Å². The summed E-state index contributed by atoms with van der Waals surface area (Å²) in [6.45, 7) is 1.73. The van der Waals surface area contributed by atoms with Crippen LogP contribution in [-0.2, 0) is 0 Å². The number of ketones is 1. The third-order valence-corrected chi connectivity index (χ3v) is 2.23. The van der Waals surface area contributed by atoms with Crippen molar-refractivity contribution in [3.8, 4) is 0 Å². The summed E-state index contributed by atoms with van der Waals surface area (Å²) in [6.07, 6.45) is 0.335. The molecule has 0 aliphatic carbocycles. The largest absolute Gasteiger partial charge is 0.453 e. The van der Waals surface area contributed by atoms with Gasteiger partial charge in [-0.2, -0.15) is 0 Å². The molecule has 0 spiro atoms. The molecule has 3 nitrogen and oxygen atoms in total. The van der Waals surface area contributed by atoms with Crippen molar-refractivity contribution in [2.24, 2.45) is 0 Å². The van der Waals surface area contributed by atoms with Crippen LogP contribution >= 0.6 is 0 Å². The maximum atomic E-state index is 11.6. The monoisotopic (exact) mass is 202 g/mol. The number of carbonyl (C=O) groups is 1. The Balaban J connectivity index is 2.73. The highest BCUT2D eigenvalue weighted by molar-refractivity contribution is 5.94. The molecule has 0 atom stereocenters. The molecule has 0 saturated carbocycles. The fraction of sp³-hybridized carbons (Fsp3) is 0.167. The Bertz CT molecular complexity index is 566. The minimum Gasteiger partial charge on any atom is -0.453 e. The highest BCUT2D eigenvalue weighted by Gasteiger charge is 2.09. The molecular weight excluding hydrogens is 192 g/mol. The first-order valence-corrected chi connectivity index (χ1v) is 4.78. The average molecular weight is 202 g/mol. The molecule has 76 valence electrons. The molecule has 0 fully saturated rings. The van der Waals surface area contributed by atoms with Crippen LogP contribution in [-0.4, -0.2) is 5.78 Å². The van der Waals surface area contributed by atoms with Crippen LogP contribution in [0.15, 0.2) is 39.5 Å². The van der Waals surface area contributed by atoms with Gasteiger partial charge in [0, 0.05) is 12.5 Å². The third-order valence-electron chi connectivity index (χ3n) is 2.23. The van der Waals surface area contributed by atoms with E-state index in [-0.39, 0.29) is 17.0 Å². The van der Waals surface area contributed by atoms with Crippen molar-refractivity contribution in [3.63, 3.8) is 0 Å². The van der Waals surface area contributed by atoms with Crippen molar-refractivity contribution in [1.29, 1.82) is 0 Å². The minimum absolute atomic E-state index is 0.140. The van der Waals surface area contributed by atoms with E-state index in [9.17, 15) is 9.59 Å². The first kappa shape index (κ1) is 9.65. The van der Waals surface area contributed by atoms with Gasteiger partial charge >= 0.3 is 0 Å². The molecule has 1 aromatic heterocycles. The fourth-order valence-corrected chi connectivity index (χ4v) is 1.42. The van der Waals surface area contributed by atoms with Crippen LogP contribution in [0.4, 0.5) is 0 Å². The molecule has 3 heteroatoms. The number of hydrogen-bond donors (Lipinski definition) is 0. The number of Topliss-reactive ketones (excluding diaryl/α,β-unsaturated/α-hetero) is 1. The second kappa shape index (κ2) is 3.69. The van der Waals surface area contributed by atoms with Crippen LogP contribution in [0.1, 0.15) is 23.9 Å². The smallest absolute Gasteiger partial charge is 0.197 e. The number of rotatable bonds is 2. The maximum Gasteiger partial charge on any atom is 0.197 e. The lowest BCUT2D eigenvalue weighted by Crippen LogP contribution is -2.06. The molecule has 0 saturated heterocycles. The summed E-state index contributed by atoms with van der Waals surface area (Å²) in [5, 5.41) is 0.505. The molecule has 0 unspecified atom stereocenters. The lowest BCUT2D eigenvalue weighted by atomic mass is 10.2. The Morgan fingerprint density at radius 3 is 2.80 bits per heavy atom. The average Bonchev–Trinajstić information content (AvgIpc) is 2.28. The van der Waals surface area contributed by atoms with Crippen molar-refractivity contribution >= 4 is 16.8 Å². The minimum atomic E-state index is -0.173. The molecule has 0 N–H and O–H groups in total. The Morgan fingerprint density at radius 1 is 1.33 bits per heavy atom. The predicted molar refractivity (Wildman–Crippen MR) is 57.1 cm³/mol. The van der Waals surface area contributed by atoms with Gasteiger partial charge in [0.25, 0.3) is 0 Å². The van der Waals surface area contributed by atoms with Crippen molar-refractivity contribution in [2.75, 3.05) is 0 Å². The summed E-state index contributed by atoms with van der Waals surface area (Å²) in [5.41, 5.74) is 0.287. The van der Waals surface area contributed by atoms with Crippen molar-refractivity contribution in [2.45, 2.75) is 13.3 Å². The molecule has 2 rings (SSSR count). The molecule has 2 aromatic rings. The molecular formula is C12H10O3. The summed E-state index contributed by atoms with van der Waals surface area (Å²) in [7, 11) is 0. The van der Waals surface area contributed by atoms with Crippen LogP contribution in [0.25, 0.3) is 11.0 Å². The summed E-state index contributed by atoms with van der Waals surface area (Å²) in [4.78, 5) is 23.0. The van der Waals surface area contributed by atoms with Crippen LogP contribution in [0.5, 0.6) is 0 Å². The van der Waals surface area contributed by atoms with Crippen LogP contribution < -0.4 is 5.43 Å². The third kappa shape index (κ3) is 1.68. The molecule has 0 bridgehead atoms. The van der Waals surface area contributed by atoms with Crippen molar-refractivity contribution in [1.82, 2.24) is 0 Å². The Morgan fingerprint density at radius 2 is 2.07 bits per heavy atom. The van der Waals surface area contributed by atoms with Crippen LogP contribution in [0.3, 0.4) is 0 Å². The molecule has 0 amide bonds. The van der Waals surface area contributed by atoms with E-state index in [0.29, 0.717) is 17.4 Å². The second-order valence-corrected chi connectivity index (χ2v) is 3.25. The number of hydrogen-bond acceptors (Lipinski definition) is 3. The van der Waals surface area contributed by atoms with Crippen LogP contribution in [0.2, 0.25) is 0 Å². The van der Waals surface area contributed by atoms with E-state index < -0.39 is 0 Å². The summed E-state index contributed by atoms with van der Waals surface area (Å²) in [5.74, 6) is -0.0148. The number of benzene rings is 1. The topological polar surface area (TPSA) is 47.3 Å². The molecule has 0 aliphatic rings. The fourth-order valence-electron chi connectivity index (χ4n) is 1.42. The van der Waals surface area contributed by atoms with E-state index in [1.165, 1.54) is 6.07 Å². The summed E-state index contributed by atoms with van der Waals surface area (Å²) in [6, 6.07) is 8.16.